The van der Waals surface area contributed by atoms with E-state index in [-0.39, 0.29) is 12.5 Å². The van der Waals surface area contributed by atoms with Gasteiger partial charge in [0.2, 0.25) is 0 Å². The van der Waals surface area contributed by atoms with Crippen molar-refractivity contribution in [1.82, 2.24) is 14.8 Å². The van der Waals surface area contributed by atoms with Crippen molar-refractivity contribution >= 4 is 5.91 Å². The molecule has 0 atom stereocenters. The largest absolute Gasteiger partial charge is 0.484 e. The summed E-state index contributed by atoms with van der Waals surface area (Å²) in [6.45, 7) is 4.25. The Labute approximate surface area is 136 Å². The van der Waals surface area contributed by atoms with Crippen molar-refractivity contribution in [1.29, 1.82) is 0 Å². The number of carbonyl (C=O) groups is 1. The second-order valence-electron chi connectivity index (χ2n) is 5.62. The second-order valence-corrected chi connectivity index (χ2v) is 5.62. The Morgan fingerprint density at radius 3 is 2.52 bits per heavy atom. The summed E-state index contributed by atoms with van der Waals surface area (Å²) in [5, 5.41) is 0. The monoisotopic (exact) mass is 311 g/mol. The van der Waals surface area contributed by atoms with Gasteiger partial charge in [-0.15, -0.1) is 0 Å². The van der Waals surface area contributed by atoms with E-state index in [0.29, 0.717) is 0 Å². The number of amides is 1. The summed E-state index contributed by atoms with van der Waals surface area (Å²) in [6.07, 6.45) is 3.68. The van der Waals surface area contributed by atoms with E-state index in [0.717, 1.165) is 38.5 Å². The van der Waals surface area contributed by atoms with Crippen LogP contribution in [0.1, 0.15) is 5.56 Å². The van der Waals surface area contributed by atoms with Gasteiger partial charge >= 0.3 is 0 Å². The molecule has 0 radical (unpaired) electrons. The van der Waals surface area contributed by atoms with Gasteiger partial charge in [0, 0.05) is 45.1 Å². The number of hydrogen-bond acceptors (Lipinski definition) is 4. The van der Waals surface area contributed by atoms with Crippen LogP contribution >= 0.6 is 0 Å². The Morgan fingerprint density at radius 1 is 1.04 bits per heavy atom. The van der Waals surface area contributed by atoms with Gasteiger partial charge in [-0.05, 0) is 23.8 Å². The summed E-state index contributed by atoms with van der Waals surface area (Å²) in [5.74, 6) is 0.783. The number of hydrogen-bond donors (Lipinski definition) is 0. The predicted octanol–water partition coefficient (Wildman–Crippen LogP) is 1.80. The molecule has 0 bridgehead atoms. The Bertz CT molecular complexity index is 611. The normalized spacial score (nSPS) is 15.4. The molecule has 2 heterocycles. The maximum absolute atomic E-state index is 12.2. The highest BCUT2D eigenvalue weighted by atomic mass is 16.5. The van der Waals surface area contributed by atoms with Gasteiger partial charge < -0.3 is 9.64 Å². The smallest absolute Gasteiger partial charge is 0.260 e. The average Bonchev–Trinajstić information content (AvgIpc) is 2.62. The van der Waals surface area contributed by atoms with Gasteiger partial charge in [-0.2, -0.15) is 0 Å². The second kappa shape index (κ2) is 7.74. The highest BCUT2D eigenvalue weighted by Gasteiger charge is 2.21. The van der Waals surface area contributed by atoms with E-state index in [9.17, 15) is 4.79 Å². The molecule has 1 saturated heterocycles. The number of pyridine rings is 1. The van der Waals surface area contributed by atoms with Gasteiger partial charge in [-0.1, -0.05) is 24.3 Å². The van der Waals surface area contributed by atoms with Crippen molar-refractivity contribution in [2.45, 2.75) is 6.54 Å². The molecule has 120 valence electrons. The van der Waals surface area contributed by atoms with Crippen LogP contribution in [0.3, 0.4) is 0 Å². The molecule has 3 rings (SSSR count). The minimum atomic E-state index is 0.0508. The molecule has 0 spiro atoms. The topological polar surface area (TPSA) is 45.7 Å². The predicted molar refractivity (Wildman–Crippen MR) is 88.0 cm³/mol. The van der Waals surface area contributed by atoms with Crippen LogP contribution in [0, 0.1) is 0 Å². The number of aromatic nitrogens is 1. The zero-order valence-corrected chi connectivity index (χ0v) is 13.1. The Balaban J connectivity index is 1.42. The minimum absolute atomic E-state index is 0.0508. The lowest BCUT2D eigenvalue weighted by molar-refractivity contribution is -0.135. The van der Waals surface area contributed by atoms with Gasteiger partial charge in [0.05, 0.1) is 0 Å². The standard InChI is InChI=1S/C18H21N3O2/c22-18(15-23-17-6-2-1-3-7-17)21-11-9-20(10-12-21)14-16-5-4-8-19-13-16/h1-8,13H,9-12,14-15H2. The zero-order chi connectivity index (χ0) is 15.9. The van der Waals surface area contributed by atoms with Crippen molar-refractivity contribution in [3.63, 3.8) is 0 Å². The molecule has 0 aliphatic carbocycles. The number of piperazine rings is 1. The molecule has 5 nitrogen and oxygen atoms in total. The van der Waals surface area contributed by atoms with E-state index < -0.39 is 0 Å². The maximum atomic E-state index is 12.2. The molecule has 1 amide bonds. The third kappa shape index (κ3) is 4.53. The van der Waals surface area contributed by atoms with E-state index >= 15 is 0 Å². The minimum Gasteiger partial charge on any atom is -0.484 e. The summed E-state index contributed by atoms with van der Waals surface area (Å²) in [4.78, 5) is 20.6. The maximum Gasteiger partial charge on any atom is 0.260 e. The van der Waals surface area contributed by atoms with Gasteiger partial charge in [-0.25, -0.2) is 0 Å². The molecule has 5 heteroatoms. The van der Waals surface area contributed by atoms with Crippen LogP contribution in [-0.4, -0.2) is 53.5 Å². The molecule has 1 aromatic heterocycles. The van der Waals surface area contributed by atoms with E-state index in [1.807, 2.05) is 47.5 Å². The van der Waals surface area contributed by atoms with Crippen molar-refractivity contribution in [3.05, 3.63) is 60.4 Å². The number of carbonyl (C=O) groups excluding carboxylic acids is 1. The van der Waals surface area contributed by atoms with Crippen molar-refractivity contribution in [2.75, 3.05) is 32.8 Å². The lowest BCUT2D eigenvalue weighted by atomic mass is 10.2. The van der Waals surface area contributed by atoms with E-state index in [4.69, 9.17) is 4.74 Å². The van der Waals surface area contributed by atoms with Crippen LogP contribution in [0.4, 0.5) is 0 Å². The molecular weight excluding hydrogens is 290 g/mol. The fourth-order valence-electron chi connectivity index (χ4n) is 2.66. The van der Waals surface area contributed by atoms with Gasteiger partial charge in [-0.3, -0.25) is 14.7 Å². The number of nitrogens with zero attached hydrogens (tertiary/aromatic N) is 3. The number of benzene rings is 1. The Morgan fingerprint density at radius 2 is 1.83 bits per heavy atom. The molecule has 2 aromatic rings. The molecule has 1 aliphatic rings. The molecular formula is C18H21N3O2. The summed E-state index contributed by atoms with van der Waals surface area (Å²) in [6, 6.07) is 13.5. The number of ether oxygens (including phenoxy) is 1. The first-order chi connectivity index (χ1) is 11.3. The highest BCUT2D eigenvalue weighted by molar-refractivity contribution is 5.77. The fourth-order valence-corrected chi connectivity index (χ4v) is 2.66. The molecule has 1 aromatic carbocycles. The fraction of sp³-hybridized carbons (Fsp3) is 0.333. The van der Waals surface area contributed by atoms with Gasteiger partial charge in [0.1, 0.15) is 5.75 Å². The van der Waals surface area contributed by atoms with Crippen LogP contribution in [0.25, 0.3) is 0 Å². The van der Waals surface area contributed by atoms with Gasteiger partial charge in [0.15, 0.2) is 6.61 Å². The molecule has 1 aliphatic heterocycles. The van der Waals surface area contributed by atoms with E-state index in [1.54, 1.807) is 6.20 Å². The van der Waals surface area contributed by atoms with Crippen molar-refractivity contribution < 1.29 is 9.53 Å². The zero-order valence-electron chi connectivity index (χ0n) is 13.1. The number of rotatable bonds is 5. The van der Waals surface area contributed by atoms with Gasteiger partial charge in [0.25, 0.3) is 5.91 Å². The third-order valence-corrected chi connectivity index (χ3v) is 3.96. The first-order valence-electron chi connectivity index (χ1n) is 7.88. The van der Waals surface area contributed by atoms with Crippen molar-refractivity contribution in [3.8, 4) is 5.75 Å². The quantitative estimate of drug-likeness (QED) is 0.845. The lowest BCUT2D eigenvalue weighted by Crippen LogP contribution is -2.49. The van der Waals surface area contributed by atoms with Crippen LogP contribution in [0.5, 0.6) is 5.75 Å². The third-order valence-electron chi connectivity index (χ3n) is 3.96. The van der Waals surface area contributed by atoms with Crippen LogP contribution < -0.4 is 4.74 Å². The molecule has 1 fully saturated rings. The SMILES string of the molecule is O=C(COc1ccccc1)N1CCN(Cc2cccnc2)CC1. The van der Waals surface area contributed by atoms with Crippen LogP contribution in [-0.2, 0) is 11.3 Å². The summed E-state index contributed by atoms with van der Waals surface area (Å²) in [5.41, 5.74) is 1.21. The Hall–Kier alpha value is -2.40. The molecule has 0 N–H and O–H groups in total. The molecule has 0 saturated carbocycles. The summed E-state index contributed by atoms with van der Waals surface area (Å²) >= 11 is 0. The summed E-state index contributed by atoms with van der Waals surface area (Å²) in [7, 11) is 0. The lowest BCUT2D eigenvalue weighted by Gasteiger charge is -2.34. The van der Waals surface area contributed by atoms with E-state index in [1.165, 1.54) is 5.56 Å². The van der Waals surface area contributed by atoms with E-state index in [2.05, 4.69) is 16.0 Å². The van der Waals surface area contributed by atoms with Crippen molar-refractivity contribution in [2.24, 2.45) is 0 Å². The summed E-state index contributed by atoms with van der Waals surface area (Å²) < 4.78 is 5.53. The van der Waals surface area contributed by atoms with Crippen LogP contribution in [0.2, 0.25) is 0 Å². The highest BCUT2D eigenvalue weighted by Crippen LogP contribution is 2.10. The van der Waals surface area contributed by atoms with Crippen LogP contribution in [0.15, 0.2) is 54.9 Å². The number of para-hydroxylation sites is 1. The molecule has 23 heavy (non-hydrogen) atoms. The molecule has 0 unspecified atom stereocenters. The first kappa shape index (κ1) is 15.5. The Kier molecular flexibility index (Phi) is 5.21. The first-order valence-corrected chi connectivity index (χ1v) is 7.88. The average molecular weight is 311 g/mol.